The van der Waals surface area contributed by atoms with Gasteiger partial charge in [-0.25, -0.2) is 10.1 Å². The molecule has 3 rings (SSSR count). The number of hydrogen-bond acceptors (Lipinski definition) is 9. The lowest BCUT2D eigenvalue weighted by atomic mass is 10.2. The number of hydrazone groups is 1. The Morgan fingerprint density at radius 3 is 2.68 bits per heavy atom. The topological polar surface area (TPSA) is 129 Å². The fraction of sp³-hybridized carbons (Fsp3) is 0.200. The zero-order valence-electron chi connectivity index (χ0n) is 17.1. The van der Waals surface area contributed by atoms with Crippen molar-refractivity contribution in [3.8, 4) is 11.5 Å². The van der Waals surface area contributed by atoms with E-state index in [4.69, 9.17) is 15.3 Å². The van der Waals surface area contributed by atoms with Gasteiger partial charge in [-0.2, -0.15) is 5.10 Å². The van der Waals surface area contributed by atoms with Gasteiger partial charge in [0.15, 0.2) is 0 Å². The van der Waals surface area contributed by atoms with E-state index in [-0.39, 0.29) is 17.6 Å². The Balaban J connectivity index is 1.48. The summed E-state index contributed by atoms with van der Waals surface area (Å²) in [4.78, 5) is 12.1. The fourth-order valence-corrected chi connectivity index (χ4v) is 3.20. The number of nitrogen functional groups attached to an aromatic ring is 1. The molecule has 0 saturated heterocycles. The lowest BCUT2D eigenvalue weighted by Gasteiger charge is -2.06. The van der Waals surface area contributed by atoms with E-state index in [9.17, 15) is 4.79 Å². The van der Waals surface area contributed by atoms with Crippen LogP contribution in [0.3, 0.4) is 0 Å². The molecule has 31 heavy (non-hydrogen) atoms. The second kappa shape index (κ2) is 10.9. The van der Waals surface area contributed by atoms with E-state index in [2.05, 4.69) is 26.0 Å². The third-order valence-corrected chi connectivity index (χ3v) is 5.10. The number of amides is 1. The lowest BCUT2D eigenvalue weighted by Crippen LogP contribution is -2.25. The summed E-state index contributed by atoms with van der Waals surface area (Å²) in [5, 5.41) is 15.3. The second-order valence-corrected chi connectivity index (χ2v) is 7.14. The largest absolute Gasteiger partial charge is 0.497 e. The first-order valence-corrected chi connectivity index (χ1v) is 10.2. The van der Waals surface area contributed by atoms with Gasteiger partial charge < -0.3 is 20.6 Å². The highest BCUT2D eigenvalue weighted by Crippen LogP contribution is 2.17. The second-order valence-electron chi connectivity index (χ2n) is 6.20. The first-order valence-electron chi connectivity index (χ1n) is 9.25. The number of benzene rings is 2. The van der Waals surface area contributed by atoms with Crippen LogP contribution in [0.1, 0.15) is 11.1 Å². The quantitative estimate of drug-likeness (QED) is 0.188. The molecule has 0 spiro atoms. The van der Waals surface area contributed by atoms with Crippen LogP contribution in [0.2, 0.25) is 0 Å². The van der Waals surface area contributed by atoms with Crippen molar-refractivity contribution >= 4 is 29.8 Å². The number of rotatable bonds is 10. The zero-order chi connectivity index (χ0) is 22.1. The zero-order valence-corrected chi connectivity index (χ0v) is 17.9. The number of ether oxygens (including phenoxy) is 2. The minimum atomic E-state index is -0.146. The molecular weight excluding hydrogens is 418 g/mol. The molecule has 0 bridgehead atoms. The number of anilines is 1. The number of methoxy groups -OCH3 is 2. The average molecular weight is 442 g/mol. The molecule has 0 aliphatic rings. The van der Waals surface area contributed by atoms with Crippen LogP contribution in [-0.4, -0.2) is 47.0 Å². The molecule has 0 fully saturated rings. The van der Waals surface area contributed by atoms with Gasteiger partial charge in [-0.15, -0.1) is 10.2 Å². The molecule has 0 atom stereocenters. The van der Waals surface area contributed by atoms with Crippen LogP contribution >= 0.6 is 11.8 Å². The van der Waals surface area contributed by atoms with Crippen molar-refractivity contribution in [2.24, 2.45) is 5.10 Å². The van der Waals surface area contributed by atoms with Gasteiger partial charge in [-0.3, -0.25) is 4.79 Å². The summed E-state index contributed by atoms with van der Waals surface area (Å²) in [6.45, 7) is 0.420. The molecule has 162 valence electrons. The normalized spacial score (nSPS) is 10.8. The molecule has 1 aromatic heterocycles. The van der Waals surface area contributed by atoms with Crippen molar-refractivity contribution in [2.45, 2.75) is 11.7 Å². The van der Waals surface area contributed by atoms with E-state index in [1.54, 1.807) is 20.4 Å². The Hall–Kier alpha value is -3.73. The molecule has 0 radical (unpaired) electrons. The van der Waals surface area contributed by atoms with Gasteiger partial charge in [0, 0.05) is 12.1 Å². The molecule has 1 amide bonds. The van der Waals surface area contributed by atoms with Gasteiger partial charge in [0.2, 0.25) is 11.1 Å². The molecule has 3 aromatic rings. The third kappa shape index (κ3) is 6.12. The van der Waals surface area contributed by atoms with Crippen molar-refractivity contribution in [3.63, 3.8) is 0 Å². The summed E-state index contributed by atoms with van der Waals surface area (Å²) in [5.41, 5.74) is 4.50. The Bertz CT molecular complexity index is 1040. The Kier molecular flexibility index (Phi) is 7.71. The number of nitrogens with one attached hydrogen (secondary N) is 2. The van der Waals surface area contributed by atoms with E-state index in [0.29, 0.717) is 17.5 Å². The summed E-state index contributed by atoms with van der Waals surface area (Å²) >= 11 is 1.17. The smallest absolute Gasteiger partial charge is 0.264 e. The third-order valence-electron chi connectivity index (χ3n) is 4.15. The molecule has 10 nitrogen and oxygen atoms in total. The highest BCUT2D eigenvalue weighted by molar-refractivity contribution is 7.99. The number of hydrogen-bond donors (Lipinski definition) is 3. The van der Waals surface area contributed by atoms with Gasteiger partial charge in [-0.1, -0.05) is 36.0 Å². The Labute approximate surface area is 183 Å². The van der Waals surface area contributed by atoms with Crippen LogP contribution in [0, 0.1) is 0 Å². The van der Waals surface area contributed by atoms with Crippen molar-refractivity contribution in [1.82, 2.24) is 20.2 Å². The minimum Gasteiger partial charge on any atom is -0.497 e. The van der Waals surface area contributed by atoms with Gasteiger partial charge >= 0.3 is 0 Å². The summed E-state index contributed by atoms with van der Waals surface area (Å²) < 4.78 is 11.6. The van der Waals surface area contributed by atoms with Crippen LogP contribution < -0.4 is 26.1 Å². The summed E-state index contributed by atoms with van der Waals surface area (Å²) in [6, 6.07) is 14.9. The predicted octanol–water partition coefficient (Wildman–Crippen LogP) is 1.86. The van der Waals surface area contributed by atoms with Crippen molar-refractivity contribution in [1.29, 1.82) is 0 Å². The number of carbonyl (C=O) groups excluding carboxylic acids is 1. The molecule has 11 heteroatoms. The number of para-hydroxylation sites is 1. The number of aromatic nitrogens is 3. The minimum absolute atomic E-state index is 0.146. The van der Waals surface area contributed by atoms with Crippen LogP contribution in [0.4, 0.5) is 5.95 Å². The van der Waals surface area contributed by atoms with Gasteiger partial charge in [0.25, 0.3) is 5.95 Å². The van der Waals surface area contributed by atoms with Crippen molar-refractivity contribution in [2.75, 3.05) is 31.2 Å². The summed E-state index contributed by atoms with van der Waals surface area (Å²) in [5.74, 6) is 7.69. The molecule has 0 aliphatic heterocycles. The number of nitrogens with zero attached hydrogens (tertiary/aromatic N) is 4. The van der Waals surface area contributed by atoms with E-state index < -0.39 is 0 Å². The highest BCUT2D eigenvalue weighted by atomic mass is 32.2. The monoisotopic (exact) mass is 441 g/mol. The maximum absolute atomic E-state index is 12.1. The molecule has 4 N–H and O–H groups in total. The lowest BCUT2D eigenvalue weighted by molar-refractivity contribution is -0.118. The van der Waals surface area contributed by atoms with Gasteiger partial charge in [-0.05, 0) is 29.8 Å². The van der Waals surface area contributed by atoms with E-state index in [1.807, 2.05) is 48.5 Å². The van der Waals surface area contributed by atoms with Crippen LogP contribution in [-0.2, 0) is 11.3 Å². The van der Waals surface area contributed by atoms with Crippen molar-refractivity contribution in [3.05, 3.63) is 59.7 Å². The number of nitrogens with two attached hydrogens (primary N) is 1. The van der Waals surface area contributed by atoms with Crippen LogP contribution in [0.5, 0.6) is 11.5 Å². The fourth-order valence-electron chi connectivity index (χ4n) is 2.51. The molecule has 1 heterocycles. The van der Waals surface area contributed by atoms with Crippen molar-refractivity contribution < 1.29 is 14.3 Å². The van der Waals surface area contributed by atoms with E-state index in [1.165, 1.54) is 16.4 Å². The SMILES string of the molecule is COc1ccc(CNC(=O)CSc2nnc(N/N=C/c3ccccc3OC)n2N)cc1. The predicted molar refractivity (Wildman–Crippen MR) is 120 cm³/mol. The Morgan fingerprint density at radius 2 is 1.94 bits per heavy atom. The molecule has 0 unspecified atom stereocenters. The number of thioether (sulfide) groups is 1. The number of carbonyl (C=O) groups is 1. The first kappa shape index (κ1) is 22.0. The summed E-state index contributed by atoms with van der Waals surface area (Å²) in [7, 11) is 3.20. The summed E-state index contributed by atoms with van der Waals surface area (Å²) in [6.07, 6.45) is 1.59. The molecule has 0 saturated carbocycles. The van der Waals surface area contributed by atoms with Gasteiger partial charge in [0.1, 0.15) is 11.5 Å². The van der Waals surface area contributed by atoms with Gasteiger partial charge in [0.05, 0.1) is 26.2 Å². The van der Waals surface area contributed by atoms with E-state index >= 15 is 0 Å². The molecular formula is C20H23N7O3S. The van der Waals surface area contributed by atoms with E-state index in [0.717, 1.165) is 16.9 Å². The van der Waals surface area contributed by atoms with Crippen LogP contribution in [0.25, 0.3) is 0 Å². The first-order chi connectivity index (χ1) is 15.1. The molecule has 2 aromatic carbocycles. The highest BCUT2D eigenvalue weighted by Gasteiger charge is 2.12. The maximum Gasteiger partial charge on any atom is 0.264 e. The molecule has 0 aliphatic carbocycles. The maximum atomic E-state index is 12.1. The average Bonchev–Trinajstić information content (AvgIpc) is 3.16. The standard InChI is InChI=1S/C20H23N7O3S/c1-29-16-9-7-14(8-10-16)11-22-18(28)13-31-20-26-25-19(27(20)21)24-23-12-15-5-3-4-6-17(15)30-2/h3-10,12H,11,13,21H2,1-2H3,(H,22,28)(H,24,25)/b23-12+. The Morgan fingerprint density at radius 1 is 1.16 bits per heavy atom. The van der Waals surface area contributed by atoms with Crippen LogP contribution in [0.15, 0.2) is 58.8 Å².